The summed E-state index contributed by atoms with van der Waals surface area (Å²) in [6.07, 6.45) is 5.12. The van der Waals surface area contributed by atoms with E-state index in [-0.39, 0.29) is 30.2 Å². The first-order chi connectivity index (χ1) is 13.1. The summed E-state index contributed by atoms with van der Waals surface area (Å²) in [4.78, 5) is 42.6. The topological polar surface area (TPSA) is 79.4 Å². The molecule has 1 aliphatic heterocycles. The van der Waals surface area contributed by atoms with E-state index in [1.807, 2.05) is 36.4 Å². The zero-order valence-electron chi connectivity index (χ0n) is 14.9. The summed E-state index contributed by atoms with van der Waals surface area (Å²) in [5.41, 5.74) is 1.99. The summed E-state index contributed by atoms with van der Waals surface area (Å²) < 4.78 is 0. The van der Waals surface area contributed by atoms with Gasteiger partial charge in [0.2, 0.25) is 17.7 Å². The summed E-state index contributed by atoms with van der Waals surface area (Å²) in [7, 11) is 0. The molecule has 2 heterocycles. The molecule has 3 amide bonds. The molecule has 6 nitrogen and oxygen atoms in total. The fraction of sp³-hybridized carbons (Fsp3) is 0.333. The number of hydrogen-bond acceptors (Lipinski definition) is 4. The molecule has 1 aromatic heterocycles. The van der Waals surface area contributed by atoms with Gasteiger partial charge in [-0.1, -0.05) is 43.2 Å². The van der Waals surface area contributed by atoms with Crippen molar-refractivity contribution in [2.24, 2.45) is 11.8 Å². The number of pyridine rings is 1. The number of aromatic nitrogens is 1. The van der Waals surface area contributed by atoms with Gasteiger partial charge in [-0.15, -0.1) is 0 Å². The normalized spacial score (nSPS) is 21.9. The van der Waals surface area contributed by atoms with Crippen molar-refractivity contribution in [3.8, 4) is 11.1 Å². The first-order valence-corrected chi connectivity index (χ1v) is 9.30. The van der Waals surface area contributed by atoms with Crippen molar-refractivity contribution in [1.29, 1.82) is 0 Å². The van der Waals surface area contributed by atoms with E-state index in [2.05, 4.69) is 10.3 Å². The van der Waals surface area contributed by atoms with Crippen LogP contribution >= 0.6 is 0 Å². The maximum Gasteiger partial charge on any atom is 0.245 e. The third-order valence-corrected chi connectivity index (χ3v) is 5.37. The third-order valence-electron chi connectivity index (χ3n) is 5.37. The van der Waals surface area contributed by atoms with Gasteiger partial charge in [0.15, 0.2) is 0 Å². The van der Waals surface area contributed by atoms with Gasteiger partial charge in [-0.3, -0.25) is 19.3 Å². The third kappa shape index (κ3) is 3.47. The van der Waals surface area contributed by atoms with E-state index in [4.69, 9.17) is 0 Å². The number of nitrogens with zero attached hydrogens (tertiary/aromatic N) is 2. The highest BCUT2D eigenvalue weighted by molar-refractivity contribution is 6.08. The summed E-state index contributed by atoms with van der Waals surface area (Å²) in [6, 6.07) is 13.4. The Morgan fingerprint density at radius 1 is 0.963 bits per heavy atom. The number of benzene rings is 1. The van der Waals surface area contributed by atoms with Gasteiger partial charge in [0.05, 0.1) is 11.8 Å². The molecule has 2 aliphatic rings. The second-order valence-electron chi connectivity index (χ2n) is 7.11. The number of nitrogens with one attached hydrogen (secondary N) is 1. The number of amides is 3. The van der Waals surface area contributed by atoms with Crippen LogP contribution in [0.3, 0.4) is 0 Å². The van der Waals surface area contributed by atoms with Crippen molar-refractivity contribution in [2.45, 2.75) is 25.7 Å². The van der Waals surface area contributed by atoms with E-state index in [0.717, 1.165) is 41.7 Å². The molecule has 27 heavy (non-hydrogen) atoms. The van der Waals surface area contributed by atoms with Crippen molar-refractivity contribution in [1.82, 2.24) is 9.88 Å². The van der Waals surface area contributed by atoms with Crippen molar-refractivity contribution in [3.05, 3.63) is 48.7 Å². The fourth-order valence-electron chi connectivity index (χ4n) is 3.98. The Labute approximate surface area is 157 Å². The molecule has 2 aromatic rings. The number of likely N-dealkylation sites (tertiary alicyclic amines) is 1. The highest BCUT2D eigenvalue weighted by atomic mass is 16.2. The van der Waals surface area contributed by atoms with Crippen LogP contribution in [0.2, 0.25) is 0 Å². The zero-order chi connectivity index (χ0) is 18.8. The summed E-state index contributed by atoms with van der Waals surface area (Å²) in [5.74, 6) is -0.879. The minimum Gasteiger partial charge on any atom is -0.309 e. The molecule has 1 N–H and O–H groups in total. The fourth-order valence-corrected chi connectivity index (χ4v) is 3.98. The number of carbonyl (C=O) groups is 3. The Hall–Kier alpha value is -3.02. The van der Waals surface area contributed by atoms with Crippen LogP contribution < -0.4 is 5.32 Å². The standard InChI is InChI=1S/C21H21N3O3/c25-19(13-24-20(26)16-8-4-5-9-17(16)21(24)27)23-18-11-10-15(12-22-18)14-6-2-1-3-7-14/h1-3,6-7,10-12,16-17H,4-5,8-9,13H2,(H,22,23,25)/t16-,17-/m1/s1. The first kappa shape index (κ1) is 17.4. The van der Waals surface area contributed by atoms with Crippen molar-refractivity contribution in [2.75, 3.05) is 11.9 Å². The number of imide groups is 1. The lowest BCUT2D eigenvalue weighted by atomic mass is 9.81. The quantitative estimate of drug-likeness (QED) is 0.847. The van der Waals surface area contributed by atoms with Crippen LogP contribution in [0.1, 0.15) is 25.7 Å². The van der Waals surface area contributed by atoms with E-state index in [1.165, 1.54) is 0 Å². The van der Waals surface area contributed by atoms with Gasteiger partial charge in [-0.05, 0) is 30.5 Å². The molecule has 0 radical (unpaired) electrons. The van der Waals surface area contributed by atoms with E-state index < -0.39 is 5.91 Å². The number of anilines is 1. The second-order valence-corrected chi connectivity index (χ2v) is 7.11. The van der Waals surface area contributed by atoms with Gasteiger partial charge >= 0.3 is 0 Å². The minimum absolute atomic E-state index is 0.202. The summed E-state index contributed by atoms with van der Waals surface area (Å²) in [6.45, 7) is -0.243. The number of fused-ring (bicyclic) bond motifs is 1. The molecular weight excluding hydrogens is 342 g/mol. The van der Waals surface area contributed by atoms with Crippen LogP contribution in [0.4, 0.5) is 5.82 Å². The molecule has 4 rings (SSSR count). The molecule has 2 fully saturated rings. The summed E-state index contributed by atoms with van der Waals surface area (Å²) in [5, 5.41) is 2.67. The molecule has 0 unspecified atom stereocenters. The van der Waals surface area contributed by atoms with Gasteiger partial charge in [0, 0.05) is 11.8 Å². The molecule has 1 saturated heterocycles. The van der Waals surface area contributed by atoms with Crippen LogP contribution in [-0.4, -0.2) is 34.2 Å². The minimum atomic E-state index is -0.407. The Bertz CT molecular complexity index is 840. The molecular formula is C21H21N3O3. The lowest BCUT2D eigenvalue weighted by Crippen LogP contribution is -2.38. The van der Waals surface area contributed by atoms with Gasteiger partial charge in [0.1, 0.15) is 12.4 Å². The Morgan fingerprint density at radius 3 is 2.22 bits per heavy atom. The smallest absolute Gasteiger partial charge is 0.245 e. The van der Waals surface area contributed by atoms with Gasteiger partial charge in [-0.25, -0.2) is 4.98 Å². The highest BCUT2D eigenvalue weighted by Crippen LogP contribution is 2.37. The molecule has 138 valence electrons. The molecule has 1 aliphatic carbocycles. The maximum atomic E-state index is 12.4. The lowest BCUT2D eigenvalue weighted by molar-refractivity contribution is -0.142. The van der Waals surface area contributed by atoms with Crippen LogP contribution in [0.15, 0.2) is 48.7 Å². The number of carbonyl (C=O) groups excluding carboxylic acids is 3. The maximum absolute atomic E-state index is 12.4. The summed E-state index contributed by atoms with van der Waals surface area (Å²) >= 11 is 0. The molecule has 0 spiro atoms. The molecule has 1 saturated carbocycles. The Kier molecular flexibility index (Phi) is 4.71. The van der Waals surface area contributed by atoms with Gasteiger partial charge in [0.25, 0.3) is 0 Å². The van der Waals surface area contributed by atoms with Crippen LogP contribution in [0, 0.1) is 11.8 Å². The molecule has 2 atom stereocenters. The predicted octanol–water partition coefficient (Wildman–Crippen LogP) is 2.86. The first-order valence-electron chi connectivity index (χ1n) is 9.30. The molecule has 1 aromatic carbocycles. The average molecular weight is 363 g/mol. The van der Waals surface area contributed by atoms with Crippen LogP contribution in [0.25, 0.3) is 11.1 Å². The van der Waals surface area contributed by atoms with Gasteiger partial charge < -0.3 is 5.32 Å². The highest BCUT2D eigenvalue weighted by Gasteiger charge is 2.48. The van der Waals surface area contributed by atoms with Crippen LogP contribution in [-0.2, 0) is 14.4 Å². The van der Waals surface area contributed by atoms with E-state index >= 15 is 0 Å². The lowest BCUT2D eigenvalue weighted by Gasteiger charge is -2.19. The van der Waals surface area contributed by atoms with Crippen molar-refractivity contribution >= 4 is 23.5 Å². The predicted molar refractivity (Wildman–Crippen MR) is 100 cm³/mol. The number of hydrogen-bond donors (Lipinski definition) is 1. The van der Waals surface area contributed by atoms with E-state index in [9.17, 15) is 14.4 Å². The SMILES string of the molecule is O=C(CN1C(=O)[C@@H]2CCCC[C@H]2C1=O)Nc1ccc(-c2ccccc2)cn1. The second kappa shape index (κ2) is 7.31. The van der Waals surface area contributed by atoms with Gasteiger partial charge in [-0.2, -0.15) is 0 Å². The average Bonchev–Trinajstić information content (AvgIpc) is 2.94. The van der Waals surface area contributed by atoms with Crippen LogP contribution in [0.5, 0.6) is 0 Å². The van der Waals surface area contributed by atoms with Crippen molar-refractivity contribution in [3.63, 3.8) is 0 Å². The van der Waals surface area contributed by atoms with Crippen molar-refractivity contribution < 1.29 is 14.4 Å². The molecule has 6 heteroatoms. The Balaban J connectivity index is 1.39. The zero-order valence-corrected chi connectivity index (χ0v) is 14.9. The Morgan fingerprint density at radius 2 is 1.63 bits per heavy atom. The number of rotatable bonds is 4. The van der Waals surface area contributed by atoms with E-state index in [1.54, 1.807) is 12.3 Å². The largest absolute Gasteiger partial charge is 0.309 e. The monoisotopic (exact) mass is 363 g/mol. The molecule has 0 bridgehead atoms. The van der Waals surface area contributed by atoms with E-state index in [0.29, 0.717) is 5.82 Å².